The van der Waals surface area contributed by atoms with Crippen LogP contribution in [0.3, 0.4) is 0 Å². The first-order chi connectivity index (χ1) is 10.0. The van der Waals surface area contributed by atoms with Gasteiger partial charge in [0.15, 0.2) is 0 Å². The molecular formula is C15H26N4O2. The van der Waals surface area contributed by atoms with Crippen molar-refractivity contribution < 1.29 is 9.53 Å². The van der Waals surface area contributed by atoms with Gasteiger partial charge in [-0.1, -0.05) is 13.8 Å². The van der Waals surface area contributed by atoms with Crippen molar-refractivity contribution in [3.63, 3.8) is 0 Å². The summed E-state index contributed by atoms with van der Waals surface area (Å²) in [5.41, 5.74) is -0.212. The Bertz CT molecular complexity index is 449. The molecule has 0 aromatic carbocycles. The molecule has 1 aromatic heterocycles. The number of rotatable bonds is 5. The van der Waals surface area contributed by atoms with E-state index in [9.17, 15) is 4.79 Å². The van der Waals surface area contributed by atoms with Gasteiger partial charge in [-0.25, -0.2) is 4.79 Å². The van der Waals surface area contributed by atoms with Gasteiger partial charge in [0.25, 0.3) is 0 Å². The van der Waals surface area contributed by atoms with Gasteiger partial charge in [0.1, 0.15) is 0 Å². The molecule has 6 heteroatoms. The van der Waals surface area contributed by atoms with Gasteiger partial charge in [-0.05, 0) is 25.3 Å². The summed E-state index contributed by atoms with van der Waals surface area (Å²) in [6.45, 7) is 9.65. The number of urea groups is 1. The Balaban J connectivity index is 1.76. The van der Waals surface area contributed by atoms with Crippen molar-refractivity contribution in [1.29, 1.82) is 0 Å². The summed E-state index contributed by atoms with van der Waals surface area (Å²) in [4.78, 5) is 14.1. The topological polar surface area (TPSA) is 59.4 Å². The molecule has 0 bridgehead atoms. The molecule has 21 heavy (non-hydrogen) atoms. The molecule has 1 aromatic rings. The van der Waals surface area contributed by atoms with E-state index in [2.05, 4.69) is 31.2 Å². The maximum absolute atomic E-state index is 12.2. The number of hydrogen-bond acceptors (Lipinski definition) is 3. The lowest BCUT2D eigenvalue weighted by molar-refractivity contribution is -0.0873. The molecule has 1 saturated heterocycles. The predicted molar refractivity (Wildman–Crippen MR) is 81.0 cm³/mol. The molecular weight excluding hydrogens is 268 g/mol. The molecule has 1 aliphatic rings. The summed E-state index contributed by atoms with van der Waals surface area (Å²) < 4.78 is 7.65. The molecule has 1 aliphatic heterocycles. The van der Waals surface area contributed by atoms with Crippen molar-refractivity contribution >= 4 is 6.03 Å². The highest BCUT2D eigenvalue weighted by atomic mass is 16.5. The SMILES string of the molecule is CCC1(C)CN(C(=O)NCC(C)Cn2cccn2)CCO1. The fraction of sp³-hybridized carbons (Fsp3) is 0.733. The summed E-state index contributed by atoms with van der Waals surface area (Å²) in [6.07, 6.45) is 4.62. The zero-order chi connectivity index (χ0) is 15.3. The average Bonchev–Trinajstić information content (AvgIpc) is 2.97. The molecule has 2 atom stereocenters. The van der Waals surface area contributed by atoms with Gasteiger partial charge in [0.2, 0.25) is 0 Å². The highest BCUT2D eigenvalue weighted by molar-refractivity contribution is 5.74. The molecule has 6 nitrogen and oxygen atoms in total. The van der Waals surface area contributed by atoms with Gasteiger partial charge < -0.3 is 15.0 Å². The van der Waals surface area contributed by atoms with Crippen LogP contribution in [0.25, 0.3) is 0 Å². The van der Waals surface area contributed by atoms with Crippen molar-refractivity contribution in [1.82, 2.24) is 20.0 Å². The second kappa shape index (κ2) is 6.93. The van der Waals surface area contributed by atoms with Crippen molar-refractivity contribution in [3.05, 3.63) is 18.5 Å². The molecule has 1 N–H and O–H groups in total. The third-order valence-electron chi connectivity index (χ3n) is 4.03. The van der Waals surface area contributed by atoms with Crippen LogP contribution in [0.5, 0.6) is 0 Å². The van der Waals surface area contributed by atoms with Crippen LogP contribution in [0.2, 0.25) is 0 Å². The van der Waals surface area contributed by atoms with Crippen LogP contribution in [0.4, 0.5) is 4.79 Å². The average molecular weight is 294 g/mol. The van der Waals surface area contributed by atoms with Crippen molar-refractivity contribution in [2.24, 2.45) is 5.92 Å². The van der Waals surface area contributed by atoms with E-state index in [1.54, 1.807) is 6.20 Å². The third-order valence-corrected chi connectivity index (χ3v) is 4.03. The number of carbonyl (C=O) groups is 1. The second-order valence-electron chi connectivity index (χ2n) is 6.09. The molecule has 118 valence electrons. The Hall–Kier alpha value is -1.56. The molecule has 0 spiro atoms. The number of nitrogens with one attached hydrogen (secondary N) is 1. The van der Waals surface area contributed by atoms with Gasteiger partial charge in [-0.3, -0.25) is 4.68 Å². The van der Waals surface area contributed by atoms with Gasteiger partial charge in [0.05, 0.1) is 18.8 Å². The molecule has 2 unspecified atom stereocenters. The molecule has 1 fully saturated rings. The number of hydrogen-bond donors (Lipinski definition) is 1. The number of carbonyl (C=O) groups excluding carboxylic acids is 1. The fourth-order valence-electron chi connectivity index (χ4n) is 2.48. The first-order valence-electron chi connectivity index (χ1n) is 7.66. The Morgan fingerprint density at radius 1 is 1.57 bits per heavy atom. The van der Waals surface area contributed by atoms with E-state index in [1.165, 1.54) is 0 Å². The molecule has 2 heterocycles. The Morgan fingerprint density at radius 3 is 3.05 bits per heavy atom. The van der Waals surface area contributed by atoms with Crippen molar-refractivity contribution in [2.45, 2.75) is 39.3 Å². The first-order valence-corrected chi connectivity index (χ1v) is 7.66. The van der Waals surface area contributed by atoms with E-state index in [4.69, 9.17) is 4.74 Å². The van der Waals surface area contributed by atoms with Crippen LogP contribution in [-0.4, -0.2) is 52.6 Å². The maximum Gasteiger partial charge on any atom is 0.317 e. The standard InChI is InChI=1S/C15H26N4O2/c1-4-15(3)12-18(8-9-21-15)14(20)16-10-13(2)11-19-7-5-6-17-19/h5-7,13H,4,8-12H2,1-3H3,(H,16,20). The quantitative estimate of drug-likeness (QED) is 0.899. The summed E-state index contributed by atoms with van der Waals surface area (Å²) in [6, 6.07) is 1.91. The number of amides is 2. The molecule has 2 amide bonds. The summed E-state index contributed by atoms with van der Waals surface area (Å²) >= 11 is 0. The normalized spacial score (nSPS) is 23.9. The first kappa shape index (κ1) is 15.8. The zero-order valence-electron chi connectivity index (χ0n) is 13.2. The minimum atomic E-state index is -0.212. The van der Waals surface area contributed by atoms with Crippen LogP contribution in [0, 0.1) is 5.92 Å². The van der Waals surface area contributed by atoms with Crippen LogP contribution in [0.1, 0.15) is 27.2 Å². The summed E-state index contributed by atoms with van der Waals surface area (Å²) in [5, 5.41) is 7.20. The fourth-order valence-corrected chi connectivity index (χ4v) is 2.48. The predicted octanol–water partition coefficient (Wildman–Crippen LogP) is 1.73. The minimum Gasteiger partial charge on any atom is -0.372 e. The molecule has 2 rings (SSSR count). The van der Waals surface area contributed by atoms with E-state index in [0.29, 0.717) is 32.2 Å². The highest BCUT2D eigenvalue weighted by Crippen LogP contribution is 2.20. The van der Waals surface area contributed by atoms with Gasteiger partial charge in [0, 0.05) is 32.0 Å². The van der Waals surface area contributed by atoms with E-state index in [1.807, 2.05) is 21.8 Å². The third kappa shape index (κ3) is 4.46. The van der Waals surface area contributed by atoms with Crippen LogP contribution in [0.15, 0.2) is 18.5 Å². The van der Waals surface area contributed by atoms with Crippen molar-refractivity contribution in [2.75, 3.05) is 26.2 Å². The van der Waals surface area contributed by atoms with Crippen molar-refractivity contribution in [3.8, 4) is 0 Å². The van der Waals surface area contributed by atoms with E-state index < -0.39 is 0 Å². The van der Waals surface area contributed by atoms with E-state index in [-0.39, 0.29) is 11.6 Å². The number of nitrogens with zero attached hydrogens (tertiary/aromatic N) is 3. The largest absolute Gasteiger partial charge is 0.372 e. The van der Waals surface area contributed by atoms with Gasteiger partial charge >= 0.3 is 6.03 Å². The summed E-state index contributed by atoms with van der Waals surface area (Å²) in [5.74, 6) is 0.340. The molecule has 0 radical (unpaired) electrons. The maximum atomic E-state index is 12.2. The Morgan fingerprint density at radius 2 is 2.38 bits per heavy atom. The van der Waals surface area contributed by atoms with Gasteiger partial charge in [-0.2, -0.15) is 5.10 Å². The number of morpholine rings is 1. The van der Waals surface area contributed by atoms with Crippen LogP contribution >= 0.6 is 0 Å². The minimum absolute atomic E-state index is 0.00490. The Kier molecular flexibility index (Phi) is 5.22. The zero-order valence-corrected chi connectivity index (χ0v) is 13.2. The highest BCUT2D eigenvalue weighted by Gasteiger charge is 2.32. The lowest BCUT2D eigenvalue weighted by Gasteiger charge is -2.40. The summed E-state index contributed by atoms with van der Waals surface area (Å²) in [7, 11) is 0. The number of aromatic nitrogens is 2. The lowest BCUT2D eigenvalue weighted by atomic mass is 10.0. The van der Waals surface area contributed by atoms with Crippen LogP contribution < -0.4 is 5.32 Å². The van der Waals surface area contributed by atoms with E-state index in [0.717, 1.165) is 13.0 Å². The molecule has 0 aliphatic carbocycles. The smallest absolute Gasteiger partial charge is 0.317 e. The van der Waals surface area contributed by atoms with Gasteiger partial charge in [-0.15, -0.1) is 0 Å². The second-order valence-corrected chi connectivity index (χ2v) is 6.09. The lowest BCUT2D eigenvalue weighted by Crippen LogP contribution is -2.54. The van der Waals surface area contributed by atoms with E-state index >= 15 is 0 Å². The molecule has 0 saturated carbocycles. The Labute approximate surface area is 126 Å². The van der Waals surface area contributed by atoms with Crippen LogP contribution in [-0.2, 0) is 11.3 Å². The monoisotopic (exact) mass is 294 g/mol. The number of ether oxygens (including phenoxy) is 1.